The van der Waals surface area contributed by atoms with Gasteiger partial charge in [-0.15, -0.1) is 0 Å². The predicted molar refractivity (Wildman–Crippen MR) is 335 cm³/mol. The van der Waals surface area contributed by atoms with Gasteiger partial charge in [0.05, 0.1) is 18.8 Å². The summed E-state index contributed by atoms with van der Waals surface area (Å²) in [4.78, 5) is 12.5. The average Bonchev–Trinajstić information content (AvgIpc) is 3.41. The van der Waals surface area contributed by atoms with Crippen molar-refractivity contribution in [1.82, 2.24) is 5.32 Å². The number of hydrogen-bond donors (Lipinski definition) is 3. The minimum absolute atomic E-state index is 0.0712. The van der Waals surface area contributed by atoms with Crippen LogP contribution in [0, 0.1) is 0 Å². The SMILES string of the molecule is CC/C=C\C/C=C\C/C=C\C/C=C\C/C=C\C/C=C\C/C=C\C/C=C\C/C=C\C/C=C\CCCCCCCCCCCCC(=O)NC(CO)C(O)/C=C/CCCCCCCCCCCCCCCCCCCCCC. The molecule has 0 aliphatic rings. The zero-order valence-electron chi connectivity index (χ0n) is 49.3. The van der Waals surface area contributed by atoms with E-state index in [9.17, 15) is 15.0 Å². The molecular weight excluding hydrogens is 915 g/mol. The van der Waals surface area contributed by atoms with Gasteiger partial charge in [-0.2, -0.15) is 0 Å². The van der Waals surface area contributed by atoms with E-state index in [2.05, 4.69) is 141 Å². The maximum atomic E-state index is 12.5. The number of aliphatic hydroxyl groups excluding tert-OH is 2. The van der Waals surface area contributed by atoms with E-state index in [1.54, 1.807) is 6.08 Å². The number of unbranched alkanes of at least 4 members (excludes halogenated alkanes) is 30. The third-order valence-corrected chi connectivity index (χ3v) is 13.9. The zero-order valence-corrected chi connectivity index (χ0v) is 49.3. The first-order valence-corrected chi connectivity index (χ1v) is 31.9. The first-order chi connectivity index (χ1) is 37.2. The van der Waals surface area contributed by atoms with Gasteiger partial charge in [0, 0.05) is 6.42 Å². The molecular formula is C71H121NO3. The van der Waals surface area contributed by atoms with Crippen molar-refractivity contribution < 1.29 is 15.0 Å². The second-order valence-corrected chi connectivity index (χ2v) is 21.1. The Morgan fingerprint density at radius 3 is 0.880 bits per heavy atom. The summed E-state index contributed by atoms with van der Waals surface area (Å²) in [6, 6.07) is -0.634. The third-order valence-electron chi connectivity index (χ3n) is 13.9. The zero-order chi connectivity index (χ0) is 54.1. The summed E-state index contributed by atoms with van der Waals surface area (Å²) in [5.74, 6) is -0.0712. The highest BCUT2D eigenvalue weighted by molar-refractivity contribution is 5.76. The molecule has 4 nitrogen and oxygen atoms in total. The summed E-state index contributed by atoms with van der Waals surface area (Å²) in [5.41, 5.74) is 0. The number of carbonyl (C=O) groups is 1. The third kappa shape index (κ3) is 61.3. The second kappa shape index (κ2) is 64.8. The largest absolute Gasteiger partial charge is 0.394 e. The molecule has 0 heterocycles. The molecule has 2 unspecified atom stereocenters. The fraction of sp³-hybridized carbons (Fsp3) is 0.676. The Hall–Kier alpha value is -3.47. The van der Waals surface area contributed by atoms with Crippen LogP contribution in [0.25, 0.3) is 0 Å². The average molecular weight is 1040 g/mol. The van der Waals surface area contributed by atoms with Gasteiger partial charge in [0.2, 0.25) is 5.91 Å². The predicted octanol–water partition coefficient (Wildman–Crippen LogP) is 21.8. The van der Waals surface area contributed by atoms with Gasteiger partial charge in [0.15, 0.2) is 0 Å². The lowest BCUT2D eigenvalue weighted by Crippen LogP contribution is -2.45. The van der Waals surface area contributed by atoms with Crippen LogP contribution in [0.5, 0.6) is 0 Å². The first kappa shape index (κ1) is 71.5. The van der Waals surface area contributed by atoms with Crippen LogP contribution in [-0.4, -0.2) is 34.9 Å². The number of hydrogen-bond acceptors (Lipinski definition) is 3. The van der Waals surface area contributed by atoms with Gasteiger partial charge in [-0.25, -0.2) is 0 Å². The molecule has 0 rings (SSSR count). The maximum absolute atomic E-state index is 12.5. The van der Waals surface area contributed by atoms with Crippen molar-refractivity contribution in [3.63, 3.8) is 0 Å². The molecule has 0 aliphatic carbocycles. The minimum atomic E-state index is -0.850. The summed E-state index contributed by atoms with van der Waals surface area (Å²) < 4.78 is 0. The molecule has 0 radical (unpaired) electrons. The summed E-state index contributed by atoms with van der Waals surface area (Å²) in [6.45, 7) is 4.21. The Morgan fingerprint density at radius 2 is 0.587 bits per heavy atom. The van der Waals surface area contributed by atoms with E-state index in [4.69, 9.17) is 0 Å². The number of amides is 1. The van der Waals surface area contributed by atoms with Crippen LogP contribution in [0.1, 0.15) is 290 Å². The van der Waals surface area contributed by atoms with E-state index in [-0.39, 0.29) is 12.5 Å². The normalized spacial score (nSPS) is 13.7. The van der Waals surface area contributed by atoms with E-state index in [1.807, 2.05) is 6.08 Å². The van der Waals surface area contributed by atoms with Crippen molar-refractivity contribution in [3.8, 4) is 0 Å². The molecule has 1 amide bonds. The lowest BCUT2D eigenvalue weighted by Gasteiger charge is -2.20. The van der Waals surface area contributed by atoms with Gasteiger partial charge in [-0.3, -0.25) is 4.79 Å². The Labute approximate surface area is 466 Å². The van der Waals surface area contributed by atoms with Crippen molar-refractivity contribution in [2.24, 2.45) is 0 Å². The molecule has 0 saturated carbocycles. The van der Waals surface area contributed by atoms with E-state index in [0.29, 0.717) is 6.42 Å². The highest BCUT2D eigenvalue weighted by Gasteiger charge is 2.18. The van der Waals surface area contributed by atoms with Gasteiger partial charge in [0.1, 0.15) is 0 Å². The van der Waals surface area contributed by atoms with Crippen molar-refractivity contribution in [3.05, 3.63) is 134 Å². The molecule has 0 aliphatic heterocycles. The minimum Gasteiger partial charge on any atom is -0.394 e. The van der Waals surface area contributed by atoms with Gasteiger partial charge >= 0.3 is 0 Å². The Kier molecular flexibility index (Phi) is 61.8. The highest BCUT2D eigenvalue weighted by atomic mass is 16.3. The molecule has 0 bridgehead atoms. The van der Waals surface area contributed by atoms with Crippen LogP contribution in [-0.2, 0) is 4.79 Å². The molecule has 0 aromatic heterocycles. The summed E-state index contributed by atoms with van der Waals surface area (Å²) >= 11 is 0. The van der Waals surface area contributed by atoms with Crippen molar-refractivity contribution >= 4 is 5.91 Å². The molecule has 0 aromatic carbocycles. The van der Waals surface area contributed by atoms with Crippen LogP contribution in [0.3, 0.4) is 0 Å². The Morgan fingerprint density at radius 1 is 0.333 bits per heavy atom. The topological polar surface area (TPSA) is 69.6 Å². The number of nitrogens with one attached hydrogen (secondary N) is 1. The lowest BCUT2D eigenvalue weighted by atomic mass is 10.0. The van der Waals surface area contributed by atoms with Crippen molar-refractivity contribution in [2.45, 2.75) is 302 Å². The molecule has 0 fully saturated rings. The van der Waals surface area contributed by atoms with Crippen molar-refractivity contribution in [1.29, 1.82) is 0 Å². The monoisotopic (exact) mass is 1040 g/mol. The number of allylic oxidation sites excluding steroid dienone is 21. The molecule has 3 N–H and O–H groups in total. The van der Waals surface area contributed by atoms with Crippen LogP contribution in [0.2, 0.25) is 0 Å². The quantitative estimate of drug-likeness (QED) is 0.0420. The van der Waals surface area contributed by atoms with E-state index < -0.39 is 12.1 Å². The standard InChI is InChI=1S/C71H121NO3/c1-3-5-7-9-11-13-15-17-19-21-23-25-27-28-29-30-31-32-33-34-35-36-37-38-39-40-41-42-43-44-45-47-49-51-53-55-57-59-61-63-65-67-71(75)72-69(68-73)70(74)66-64-62-60-58-56-54-52-50-48-46-26-24-22-20-18-16-14-12-10-8-6-4-2/h5,7,11,13,17,19,23,25,28-29,31-32,34-35,37-38,40-41,43-44,64,66,69-70,73-74H,3-4,6,8-10,12,14-16,18,20-22,24,26-27,30,33,36,39,42,45-63,65,67-68H2,1-2H3,(H,72,75)/b7-5-,13-11-,19-17-,25-23-,29-28-,32-31-,35-34-,38-37-,41-40-,44-43-,66-64+. The smallest absolute Gasteiger partial charge is 0.220 e. The summed E-state index contributed by atoms with van der Waals surface area (Å²) in [5, 5.41) is 23.2. The molecule has 0 saturated heterocycles. The fourth-order valence-corrected chi connectivity index (χ4v) is 9.09. The van der Waals surface area contributed by atoms with E-state index in [0.717, 1.165) is 89.9 Å². The van der Waals surface area contributed by atoms with Crippen LogP contribution in [0.15, 0.2) is 134 Å². The van der Waals surface area contributed by atoms with Crippen LogP contribution in [0.4, 0.5) is 0 Å². The summed E-state index contributed by atoms with van der Waals surface area (Å²) in [7, 11) is 0. The number of rotatable bonds is 57. The molecule has 0 aromatic rings. The van der Waals surface area contributed by atoms with Crippen LogP contribution < -0.4 is 5.32 Å². The summed E-state index contributed by atoms with van der Waals surface area (Å²) in [6.07, 6.45) is 101. The van der Waals surface area contributed by atoms with Gasteiger partial charge < -0.3 is 15.5 Å². The van der Waals surface area contributed by atoms with E-state index >= 15 is 0 Å². The first-order valence-electron chi connectivity index (χ1n) is 31.9. The molecule has 4 heteroatoms. The maximum Gasteiger partial charge on any atom is 0.220 e. The van der Waals surface area contributed by atoms with Crippen molar-refractivity contribution in [2.75, 3.05) is 6.61 Å². The van der Waals surface area contributed by atoms with E-state index in [1.165, 1.54) is 180 Å². The molecule has 75 heavy (non-hydrogen) atoms. The van der Waals surface area contributed by atoms with Gasteiger partial charge in [0.25, 0.3) is 0 Å². The Bertz CT molecular complexity index is 1500. The number of carbonyl (C=O) groups excluding carboxylic acids is 1. The highest BCUT2D eigenvalue weighted by Crippen LogP contribution is 2.16. The fourth-order valence-electron chi connectivity index (χ4n) is 9.09. The number of aliphatic hydroxyl groups is 2. The second-order valence-electron chi connectivity index (χ2n) is 21.1. The molecule has 0 spiro atoms. The lowest BCUT2D eigenvalue weighted by molar-refractivity contribution is -0.123. The molecule has 428 valence electrons. The molecule has 2 atom stereocenters. The van der Waals surface area contributed by atoms with Crippen LogP contribution >= 0.6 is 0 Å². The Balaban J connectivity index is 3.59. The van der Waals surface area contributed by atoms with Gasteiger partial charge in [-0.05, 0) is 96.3 Å². The van der Waals surface area contributed by atoms with Gasteiger partial charge in [-0.1, -0.05) is 321 Å².